The Kier molecular flexibility index (Phi) is 5.80. The zero-order valence-corrected chi connectivity index (χ0v) is 14.0. The van der Waals surface area contributed by atoms with Gasteiger partial charge in [0.25, 0.3) is 0 Å². The van der Waals surface area contributed by atoms with Crippen LogP contribution in [0.2, 0.25) is 0 Å². The Balaban J connectivity index is 2.08. The van der Waals surface area contributed by atoms with Crippen LogP contribution in [0.5, 0.6) is 0 Å². The van der Waals surface area contributed by atoms with Gasteiger partial charge >= 0.3 is 6.03 Å². The van der Waals surface area contributed by atoms with Crippen LogP contribution in [0.3, 0.4) is 0 Å². The van der Waals surface area contributed by atoms with E-state index in [4.69, 9.17) is 4.74 Å². The molecular formula is C12H20N4O3S2. The lowest BCUT2D eigenvalue weighted by Crippen LogP contribution is -2.39. The molecule has 1 aromatic rings. The highest BCUT2D eigenvalue weighted by Gasteiger charge is 2.45. The molecule has 2 amide bonds. The van der Waals surface area contributed by atoms with Crippen molar-refractivity contribution in [2.45, 2.75) is 36.4 Å². The second-order valence-electron chi connectivity index (χ2n) is 4.75. The van der Waals surface area contributed by atoms with Crippen LogP contribution in [0.4, 0.5) is 9.93 Å². The topological polar surface area (TPSA) is 78.8 Å². The number of amides is 2. The van der Waals surface area contributed by atoms with Crippen molar-refractivity contribution in [1.82, 2.24) is 15.1 Å². The number of carbonyl (C=O) groups excluding carboxylic acids is 1. The highest BCUT2D eigenvalue weighted by molar-refractivity contribution is 8.01. The Morgan fingerprint density at radius 2 is 2.24 bits per heavy atom. The van der Waals surface area contributed by atoms with Crippen molar-refractivity contribution in [2.75, 3.05) is 31.4 Å². The number of unbranched alkanes of at least 4 members (excludes halogenated alkanes) is 1. The molecule has 2 unspecified atom stereocenters. The van der Waals surface area contributed by atoms with Crippen molar-refractivity contribution in [2.24, 2.45) is 0 Å². The first-order valence-corrected chi connectivity index (χ1v) is 8.59. The lowest BCUT2D eigenvalue weighted by molar-refractivity contribution is 0.0633. The van der Waals surface area contributed by atoms with E-state index in [2.05, 4.69) is 17.1 Å². The molecule has 1 aliphatic heterocycles. The van der Waals surface area contributed by atoms with Crippen LogP contribution in [0.15, 0.2) is 4.34 Å². The van der Waals surface area contributed by atoms with Crippen LogP contribution in [0.25, 0.3) is 0 Å². The number of carbonyl (C=O) groups is 1. The summed E-state index contributed by atoms with van der Waals surface area (Å²) in [6.45, 7) is 2.41. The van der Waals surface area contributed by atoms with Crippen LogP contribution in [0, 0.1) is 0 Å². The summed E-state index contributed by atoms with van der Waals surface area (Å²) >= 11 is 2.95. The molecule has 21 heavy (non-hydrogen) atoms. The summed E-state index contributed by atoms with van der Waals surface area (Å²) in [7, 11) is 3.19. The largest absolute Gasteiger partial charge is 0.382 e. The molecule has 2 heterocycles. The standard InChI is InChI=1S/C12H20N4O3S2/c1-4-5-6-20-11-14-13-10(21-11)16-9(17)8(7-19-3)15(2)12(16)18/h8-9,17H,4-7H2,1-3H3. The predicted molar refractivity (Wildman–Crippen MR) is 82.8 cm³/mol. The molecular weight excluding hydrogens is 312 g/mol. The number of aromatic nitrogens is 2. The van der Waals surface area contributed by atoms with Gasteiger partial charge in [0.1, 0.15) is 6.04 Å². The number of likely N-dealkylation sites (N-methyl/N-ethyl adjacent to an activating group) is 1. The van der Waals surface area contributed by atoms with Crippen molar-refractivity contribution < 1.29 is 14.6 Å². The fourth-order valence-corrected chi connectivity index (χ4v) is 4.04. The van der Waals surface area contributed by atoms with E-state index in [1.54, 1.807) is 25.9 Å². The number of urea groups is 1. The molecule has 0 aromatic carbocycles. The van der Waals surface area contributed by atoms with Gasteiger partial charge in [-0.3, -0.25) is 0 Å². The maximum atomic E-state index is 12.2. The van der Waals surface area contributed by atoms with Gasteiger partial charge in [-0.05, 0) is 6.42 Å². The van der Waals surface area contributed by atoms with Gasteiger partial charge in [0, 0.05) is 19.9 Å². The Labute approximate surface area is 132 Å². The summed E-state index contributed by atoms with van der Waals surface area (Å²) in [6, 6.07) is -0.687. The Bertz CT molecular complexity index is 485. The van der Waals surface area contributed by atoms with Gasteiger partial charge in [-0.2, -0.15) is 0 Å². The van der Waals surface area contributed by atoms with Gasteiger partial charge in [-0.25, -0.2) is 9.69 Å². The number of methoxy groups -OCH3 is 1. The van der Waals surface area contributed by atoms with E-state index in [-0.39, 0.29) is 12.6 Å². The van der Waals surface area contributed by atoms with Gasteiger partial charge in [-0.1, -0.05) is 36.4 Å². The van der Waals surface area contributed by atoms with Crippen LogP contribution in [-0.2, 0) is 4.74 Å². The molecule has 118 valence electrons. The number of aliphatic hydroxyl groups is 1. The van der Waals surface area contributed by atoms with Gasteiger partial charge in [-0.15, -0.1) is 10.2 Å². The molecule has 0 aliphatic carbocycles. The zero-order chi connectivity index (χ0) is 15.4. The van der Waals surface area contributed by atoms with Crippen LogP contribution in [0.1, 0.15) is 19.8 Å². The highest BCUT2D eigenvalue weighted by atomic mass is 32.2. The van der Waals surface area contributed by atoms with Gasteiger partial charge in [0.05, 0.1) is 6.61 Å². The molecule has 1 fully saturated rings. The molecule has 0 bridgehead atoms. The molecule has 9 heteroatoms. The number of thioether (sulfide) groups is 1. The lowest BCUT2D eigenvalue weighted by atomic mass is 10.3. The molecule has 0 spiro atoms. The van der Waals surface area contributed by atoms with Crippen molar-refractivity contribution in [3.8, 4) is 0 Å². The third kappa shape index (κ3) is 3.47. The molecule has 2 rings (SSSR count). The fourth-order valence-electron chi connectivity index (χ4n) is 2.02. The fraction of sp³-hybridized carbons (Fsp3) is 0.750. The van der Waals surface area contributed by atoms with Gasteiger partial charge in [0.2, 0.25) is 5.13 Å². The van der Waals surface area contributed by atoms with E-state index in [1.807, 2.05) is 0 Å². The molecule has 1 saturated heterocycles. The summed E-state index contributed by atoms with van der Waals surface area (Å²) in [5.74, 6) is 0.980. The molecule has 0 saturated carbocycles. The highest BCUT2D eigenvalue weighted by Crippen LogP contribution is 2.33. The van der Waals surface area contributed by atoms with Crippen molar-refractivity contribution in [3.63, 3.8) is 0 Å². The van der Waals surface area contributed by atoms with Crippen LogP contribution < -0.4 is 4.90 Å². The van der Waals surface area contributed by atoms with E-state index in [9.17, 15) is 9.90 Å². The number of hydrogen-bond acceptors (Lipinski definition) is 7. The average molecular weight is 332 g/mol. The van der Waals surface area contributed by atoms with Crippen molar-refractivity contribution in [3.05, 3.63) is 0 Å². The number of rotatable bonds is 7. The third-order valence-corrected chi connectivity index (χ3v) is 5.42. The zero-order valence-electron chi connectivity index (χ0n) is 12.4. The minimum atomic E-state index is -0.969. The molecule has 1 N–H and O–H groups in total. The Hall–Kier alpha value is -0.900. The minimum absolute atomic E-state index is 0.275. The molecule has 2 atom stereocenters. The normalized spacial score (nSPS) is 22.4. The van der Waals surface area contributed by atoms with Gasteiger partial charge < -0.3 is 14.7 Å². The number of ether oxygens (including phenoxy) is 1. The maximum absolute atomic E-state index is 12.2. The minimum Gasteiger partial charge on any atom is -0.382 e. The summed E-state index contributed by atoms with van der Waals surface area (Å²) in [5.41, 5.74) is 0. The van der Waals surface area contributed by atoms with E-state index in [1.165, 1.54) is 21.1 Å². The van der Waals surface area contributed by atoms with E-state index in [0.717, 1.165) is 22.9 Å². The average Bonchev–Trinajstić information content (AvgIpc) is 2.99. The quantitative estimate of drug-likeness (QED) is 0.464. The number of anilines is 1. The Morgan fingerprint density at radius 3 is 2.90 bits per heavy atom. The third-order valence-electron chi connectivity index (χ3n) is 3.28. The van der Waals surface area contributed by atoms with Gasteiger partial charge in [0.15, 0.2) is 10.6 Å². The molecule has 1 aromatic heterocycles. The number of hydrogen-bond donors (Lipinski definition) is 1. The smallest absolute Gasteiger partial charge is 0.328 e. The maximum Gasteiger partial charge on any atom is 0.328 e. The monoisotopic (exact) mass is 332 g/mol. The van der Waals surface area contributed by atoms with E-state index in [0.29, 0.717) is 5.13 Å². The number of aliphatic hydroxyl groups excluding tert-OH is 1. The second-order valence-corrected chi connectivity index (χ2v) is 7.05. The SMILES string of the molecule is CCCCSc1nnc(N2C(=O)N(C)C(COC)C2O)s1. The van der Waals surface area contributed by atoms with E-state index < -0.39 is 12.3 Å². The Morgan fingerprint density at radius 1 is 1.48 bits per heavy atom. The first-order valence-electron chi connectivity index (χ1n) is 6.79. The van der Waals surface area contributed by atoms with Crippen LogP contribution >= 0.6 is 23.1 Å². The molecule has 7 nitrogen and oxygen atoms in total. The van der Waals surface area contributed by atoms with Crippen molar-refractivity contribution >= 4 is 34.3 Å². The summed E-state index contributed by atoms with van der Waals surface area (Å²) in [5, 5.41) is 18.8. The van der Waals surface area contributed by atoms with Crippen molar-refractivity contribution in [1.29, 1.82) is 0 Å². The molecule has 1 aliphatic rings. The van der Waals surface area contributed by atoms with Crippen LogP contribution in [-0.4, -0.2) is 65.0 Å². The summed E-state index contributed by atoms with van der Waals surface area (Å²) < 4.78 is 5.87. The first-order chi connectivity index (χ1) is 10.1. The predicted octanol–water partition coefficient (Wildman–Crippen LogP) is 1.64. The number of nitrogens with zero attached hydrogens (tertiary/aromatic N) is 4. The first kappa shape index (κ1) is 16.5. The van der Waals surface area contributed by atoms with E-state index >= 15 is 0 Å². The second kappa shape index (κ2) is 7.39. The summed E-state index contributed by atoms with van der Waals surface area (Å²) in [6.07, 6.45) is 1.28. The molecule has 0 radical (unpaired) electrons. The summed E-state index contributed by atoms with van der Waals surface area (Å²) in [4.78, 5) is 15.0. The lowest BCUT2D eigenvalue weighted by Gasteiger charge is -2.19.